The molecule has 0 spiro atoms. The molecule has 3 rings (SSSR count). The molecule has 2 atom stereocenters. The Kier molecular flexibility index (Phi) is 8.17. The lowest BCUT2D eigenvalue weighted by Gasteiger charge is -2.37. The molecule has 2 aliphatic heterocycles. The fraction of sp³-hybridized carbons (Fsp3) is 0.636. The molecule has 0 aromatic heterocycles. The minimum absolute atomic E-state index is 0.0497. The zero-order valence-electron chi connectivity index (χ0n) is 17.8. The number of unbranched alkanes of at least 4 members (excludes halogenated alkanes) is 1. The zero-order valence-corrected chi connectivity index (χ0v) is 17.8. The quantitative estimate of drug-likeness (QED) is 0.648. The number of nitrogens with zero attached hydrogens (tertiary/aromatic N) is 2. The number of ether oxygens (including phenoxy) is 4. The zero-order chi connectivity index (χ0) is 21.3. The van der Waals surface area contributed by atoms with Crippen molar-refractivity contribution in [3.05, 3.63) is 17.7 Å². The fourth-order valence-electron chi connectivity index (χ4n) is 4.00. The van der Waals surface area contributed by atoms with Crippen LogP contribution in [-0.4, -0.2) is 70.5 Å². The maximum absolute atomic E-state index is 12.9. The molecule has 1 unspecified atom stereocenters. The monoisotopic (exact) mass is 417 g/mol. The van der Waals surface area contributed by atoms with Gasteiger partial charge in [0, 0.05) is 39.0 Å². The van der Waals surface area contributed by atoms with Crippen molar-refractivity contribution in [1.29, 1.82) is 5.26 Å². The molecule has 1 fully saturated rings. The first-order chi connectivity index (χ1) is 14.7. The summed E-state index contributed by atoms with van der Waals surface area (Å²) in [6.07, 6.45) is 3.19. The molecule has 2 aliphatic rings. The number of hydrogen-bond acceptors (Lipinski definition) is 7. The molecule has 0 radical (unpaired) electrons. The fourth-order valence-corrected chi connectivity index (χ4v) is 4.00. The smallest absolute Gasteiger partial charge is 0.255 e. The van der Waals surface area contributed by atoms with Crippen molar-refractivity contribution in [3.63, 3.8) is 0 Å². The van der Waals surface area contributed by atoms with Gasteiger partial charge in [0.05, 0.1) is 38.1 Å². The Bertz CT molecular complexity index is 764. The van der Waals surface area contributed by atoms with Gasteiger partial charge in [0.2, 0.25) is 5.75 Å². The molecule has 0 aliphatic carbocycles. The van der Waals surface area contributed by atoms with Crippen LogP contribution in [0.25, 0.3) is 0 Å². The van der Waals surface area contributed by atoms with E-state index in [1.807, 2.05) is 0 Å². The van der Waals surface area contributed by atoms with E-state index in [1.54, 1.807) is 26.4 Å². The van der Waals surface area contributed by atoms with Crippen molar-refractivity contribution < 1.29 is 23.7 Å². The van der Waals surface area contributed by atoms with Gasteiger partial charge in [-0.15, -0.1) is 0 Å². The molecule has 1 aromatic rings. The highest BCUT2D eigenvalue weighted by Crippen LogP contribution is 2.41. The van der Waals surface area contributed by atoms with Crippen LogP contribution in [0.15, 0.2) is 12.1 Å². The van der Waals surface area contributed by atoms with Gasteiger partial charge in [0.25, 0.3) is 5.91 Å². The number of benzene rings is 1. The Labute approximate surface area is 178 Å². The Balaban J connectivity index is 1.61. The molecule has 2 heterocycles. The molecule has 0 saturated carbocycles. The highest BCUT2D eigenvalue weighted by Gasteiger charge is 2.30. The molecule has 8 heteroatoms. The van der Waals surface area contributed by atoms with Crippen molar-refractivity contribution in [3.8, 4) is 23.3 Å². The molecule has 8 nitrogen and oxygen atoms in total. The largest absolute Gasteiger partial charge is 0.493 e. The highest BCUT2D eigenvalue weighted by atomic mass is 16.5. The van der Waals surface area contributed by atoms with Gasteiger partial charge in [-0.3, -0.25) is 4.79 Å². The summed E-state index contributed by atoms with van der Waals surface area (Å²) >= 11 is 0. The van der Waals surface area contributed by atoms with Crippen molar-refractivity contribution in [1.82, 2.24) is 10.2 Å². The van der Waals surface area contributed by atoms with E-state index in [0.717, 1.165) is 38.9 Å². The Morgan fingerprint density at radius 1 is 1.30 bits per heavy atom. The minimum atomic E-state index is -0.189. The van der Waals surface area contributed by atoms with Gasteiger partial charge in [0.15, 0.2) is 11.5 Å². The average Bonchev–Trinajstić information content (AvgIpc) is 3.03. The summed E-state index contributed by atoms with van der Waals surface area (Å²) in [7, 11) is 3.29. The lowest BCUT2D eigenvalue weighted by Crippen LogP contribution is -2.48. The highest BCUT2D eigenvalue weighted by molar-refractivity contribution is 5.98. The molecular weight excluding hydrogens is 386 g/mol. The molecule has 164 valence electrons. The number of fused-ring (bicyclic) bond motifs is 1. The maximum atomic E-state index is 12.9. The number of piperidine rings is 1. The third-order valence-electron chi connectivity index (χ3n) is 5.69. The van der Waals surface area contributed by atoms with Crippen molar-refractivity contribution in [2.24, 2.45) is 5.92 Å². The van der Waals surface area contributed by atoms with Crippen LogP contribution in [-0.2, 0) is 4.74 Å². The average molecular weight is 418 g/mol. The van der Waals surface area contributed by atoms with Crippen LogP contribution in [0.3, 0.4) is 0 Å². The minimum Gasteiger partial charge on any atom is -0.493 e. The number of carbonyl (C=O) groups excluding carboxylic acids is 1. The van der Waals surface area contributed by atoms with E-state index in [0.29, 0.717) is 49.0 Å². The molecule has 0 bridgehead atoms. The molecule has 1 N–H and O–H groups in total. The van der Waals surface area contributed by atoms with E-state index in [-0.39, 0.29) is 17.9 Å². The predicted molar refractivity (Wildman–Crippen MR) is 111 cm³/mol. The number of likely N-dealkylation sites (tertiary alicyclic amines) is 1. The number of nitrogens with one attached hydrogen (secondary N) is 1. The van der Waals surface area contributed by atoms with Gasteiger partial charge in [-0.2, -0.15) is 5.26 Å². The van der Waals surface area contributed by atoms with Gasteiger partial charge < -0.3 is 29.2 Å². The van der Waals surface area contributed by atoms with Crippen LogP contribution in [0.2, 0.25) is 0 Å². The van der Waals surface area contributed by atoms with Crippen LogP contribution in [0, 0.1) is 17.2 Å². The Hall–Kier alpha value is -2.50. The van der Waals surface area contributed by atoms with Gasteiger partial charge in [-0.05, 0) is 38.1 Å². The van der Waals surface area contributed by atoms with Crippen molar-refractivity contribution in [2.75, 3.05) is 53.6 Å². The summed E-state index contributed by atoms with van der Waals surface area (Å²) in [5, 5.41) is 11.8. The first-order valence-corrected chi connectivity index (χ1v) is 10.5. The summed E-state index contributed by atoms with van der Waals surface area (Å²) in [6.45, 7) is 4.22. The lowest BCUT2D eigenvalue weighted by atomic mass is 9.93. The van der Waals surface area contributed by atoms with E-state index in [4.69, 9.17) is 24.2 Å². The van der Waals surface area contributed by atoms with Crippen LogP contribution in [0.4, 0.5) is 0 Å². The second kappa shape index (κ2) is 11.0. The third-order valence-corrected chi connectivity index (χ3v) is 5.69. The summed E-state index contributed by atoms with van der Waals surface area (Å²) in [6, 6.07) is 5.64. The summed E-state index contributed by atoms with van der Waals surface area (Å²) < 4.78 is 22.6. The second-order valence-electron chi connectivity index (χ2n) is 7.62. The second-order valence-corrected chi connectivity index (χ2v) is 7.62. The molecule has 1 amide bonds. The number of amides is 1. The molecule has 1 saturated heterocycles. The van der Waals surface area contributed by atoms with Gasteiger partial charge >= 0.3 is 0 Å². The number of rotatable bonds is 8. The van der Waals surface area contributed by atoms with E-state index in [1.165, 1.54) is 0 Å². The third kappa shape index (κ3) is 5.35. The van der Waals surface area contributed by atoms with Crippen LogP contribution >= 0.6 is 0 Å². The van der Waals surface area contributed by atoms with Crippen LogP contribution in [0.1, 0.15) is 36.0 Å². The summed E-state index contributed by atoms with van der Waals surface area (Å²) in [5.41, 5.74) is 0.454. The number of methoxy groups -OCH3 is 2. The predicted octanol–water partition coefficient (Wildman–Crippen LogP) is 2.23. The van der Waals surface area contributed by atoms with E-state index in [9.17, 15) is 4.79 Å². The molecule has 30 heavy (non-hydrogen) atoms. The Morgan fingerprint density at radius 2 is 2.10 bits per heavy atom. The number of nitriles is 1. The van der Waals surface area contributed by atoms with E-state index in [2.05, 4.69) is 16.3 Å². The summed E-state index contributed by atoms with van der Waals surface area (Å²) in [4.78, 5) is 15.3. The Morgan fingerprint density at radius 3 is 2.83 bits per heavy atom. The maximum Gasteiger partial charge on any atom is 0.255 e. The van der Waals surface area contributed by atoms with Crippen molar-refractivity contribution >= 4 is 5.91 Å². The van der Waals surface area contributed by atoms with Crippen LogP contribution < -0.4 is 19.5 Å². The van der Waals surface area contributed by atoms with E-state index < -0.39 is 0 Å². The number of carbonyl (C=O) groups is 1. The topological polar surface area (TPSA) is 93.1 Å². The van der Waals surface area contributed by atoms with E-state index >= 15 is 0 Å². The van der Waals surface area contributed by atoms with Gasteiger partial charge in [-0.1, -0.05) is 0 Å². The van der Waals surface area contributed by atoms with Crippen molar-refractivity contribution in [2.45, 2.75) is 31.8 Å². The lowest BCUT2D eigenvalue weighted by molar-refractivity contribution is -0.0105. The van der Waals surface area contributed by atoms with Gasteiger partial charge in [-0.25, -0.2) is 0 Å². The summed E-state index contributed by atoms with van der Waals surface area (Å²) in [5.74, 6) is 1.54. The number of hydrogen-bond donors (Lipinski definition) is 1. The standard InChI is InChI=1S/C22H31N3O5/c1-27-18-7-6-17(20-21(18)30-13-5-12-29-20)22(26)24-14-16-8-11-25(10-4-3-9-23)15-19(16)28-2/h6-7,16,19H,3-5,8,10-15H2,1-2H3,(H,24,26)/t16-,19?/m0/s1. The molecule has 1 aromatic carbocycles. The first-order valence-electron chi connectivity index (χ1n) is 10.5. The SMILES string of the molecule is COc1ccc(C(=O)NC[C@@H]2CCN(CCCC#N)CC2OC)c2c1OCCCO2. The molecular formula is C22H31N3O5. The van der Waals surface area contributed by atoms with Gasteiger partial charge in [0.1, 0.15) is 0 Å². The first kappa shape index (κ1) is 22.2. The normalized spacial score (nSPS) is 21.4. The van der Waals surface area contributed by atoms with Crippen LogP contribution in [0.5, 0.6) is 17.2 Å².